The first-order valence-electron chi connectivity index (χ1n) is 11.2. The highest BCUT2D eigenvalue weighted by Gasteiger charge is 2.42. The van der Waals surface area contributed by atoms with Crippen molar-refractivity contribution in [2.45, 2.75) is 97.9 Å². The summed E-state index contributed by atoms with van der Waals surface area (Å²) < 4.78 is 21.9. The summed E-state index contributed by atoms with van der Waals surface area (Å²) in [6.07, 6.45) is -2.58. The van der Waals surface area contributed by atoms with E-state index in [4.69, 9.17) is 18.9 Å². The van der Waals surface area contributed by atoms with E-state index in [1.807, 2.05) is 0 Å². The van der Waals surface area contributed by atoms with Gasteiger partial charge in [-0.25, -0.2) is 19.2 Å². The molecule has 0 aliphatic heterocycles. The van der Waals surface area contributed by atoms with E-state index in [9.17, 15) is 24.3 Å². The van der Waals surface area contributed by atoms with Crippen molar-refractivity contribution in [2.24, 2.45) is 0 Å². The molecule has 1 aromatic rings. The molecule has 0 aliphatic rings. The zero-order valence-corrected chi connectivity index (χ0v) is 21.9. The van der Waals surface area contributed by atoms with E-state index in [2.05, 4.69) is 5.32 Å². The molecule has 10 nitrogen and oxygen atoms in total. The maximum absolute atomic E-state index is 13.1. The molecule has 0 spiro atoms. The predicted molar refractivity (Wildman–Crippen MR) is 127 cm³/mol. The zero-order valence-electron chi connectivity index (χ0n) is 21.9. The third kappa shape index (κ3) is 11.7. The number of carboxylic acid groups (broad SMARTS) is 1. The fraction of sp³-hybridized carbons (Fsp3) is 0.600. The molecule has 0 aliphatic carbocycles. The molecule has 1 aromatic carbocycles. The van der Waals surface area contributed by atoms with Gasteiger partial charge >= 0.3 is 24.0 Å². The van der Waals surface area contributed by atoms with E-state index < -0.39 is 53.0 Å². The fourth-order valence-electron chi connectivity index (χ4n) is 2.70. The summed E-state index contributed by atoms with van der Waals surface area (Å²) in [5, 5.41) is 11.6. The fourth-order valence-corrected chi connectivity index (χ4v) is 2.70. The van der Waals surface area contributed by atoms with Crippen LogP contribution in [0.3, 0.4) is 0 Å². The second-order valence-electron chi connectivity index (χ2n) is 10.9. The lowest BCUT2D eigenvalue weighted by molar-refractivity contribution is -0.180. The Bertz CT molecular complexity index is 920. The highest BCUT2D eigenvalue weighted by Crippen LogP contribution is 2.18. The van der Waals surface area contributed by atoms with Gasteiger partial charge in [0.2, 0.25) is 0 Å². The molecular formula is C25H37NO9. The van der Waals surface area contributed by atoms with Crippen LogP contribution in [0.15, 0.2) is 24.3 Å². The van der Waals surface area contributed by atoms with Crippen molar-refractivity contribution in [1.29, 1.82) is 0 Å². The van der Waals surface area contributed by atoms with E-state index in [0.29, 0.717) is 5.56 Å². The summed E-state index contributed by atoms with van der Waals surface area (Å²) in [7, 11) is 0. The Morgan fingerprint density at radius 1 is 0.829 bits per heavy atom. The van der Waals surface area contributed by atoms with Crippen LogP contribution in [-0.4, -0.2) is 58.1 Å². The summed E-state index contributed by atoms with van der Waals surface area (Å²) in [5.41, 5.74) is -2.28. The minimum absolute atomic E-state index is 0.0236. The third-order valence-electron chi connectivity index (χ3n) is 3.88. The van der Waals surface area contributed by atoms with Gasteiger partial charge < -0.3 is 29.4 Å². The molecule has 0 heterocycles. The van der Waals surface area contributed by atoms with Crippen molar-refractivity contribution in [2.75, 3.05) is 0 Å². The standard InChI is InChI=1S/C25H37NO9/c1-23(2,3)33-20(29)17(26-22(31)35-25(7,8)9)18(21(30)34-24(4,5)6)32-14-15-11-10-12-16(13-15)19(27)28/h10-13,17-18H,14H2,1-9H3,(H,26,31)(H,27,28)/t17-,18-/m0/s1. The second kappa shape index (κ2) is 11.5. The molecule has 1 amide bonds. The van der Waals surface area contributed by atoms with Crippen LogP contribution in [0.25, 0.3) is 0 Å². The Balaban J connectivity index is 3.35. The largest absolute Gasteiger partial charge is 0.478 e. The normalized spacial score (nSPS) is 13.9. The van der Waals surface area contributed by atoms with Crippen LogP contribution in [0.2, 0.25) is 0 Å². The van der Waals surface area contributed by atoms with Gasteiger partial charge in [-0.3, -0.25) is 0 Å². The number of hydrogen-bond donors (Lipinski definition) is 2. The van der Waals surface area contributed by atoms with E-state index in [-0.39, 0.29) is 12.2 Å². The number of aromatic carboxylic acids is 1. The molecule has 0 bridgehead atoms. The Labute approximate surface area is 206 Å². The summed E-state index contributed by atoms with van der Waals surface area (Å²) in [6.45, 7) is 14.5. The number of nitrogens with one attached hydrogen (secondary N) is 1. The van der Waals surface area contributed by atoms with Gasteiger partial charge in [0.25, 0.3) is 0 Å². The summed E-state index contributed by atoms with van der Waals surface area (Å²) in [5.74, 6) is -2.98. The molecular weight excluding hydrogens is 458 g/mol. The monoisotopic (exact) mass is 495 g/mol. The highest BCUT2D eigenvalue weighted by atomic mass is 16.6. The first kappa shape index (κ1) is 29.9. The summed E-state index contributed by atoms with van der Waals surface area (Å²) in [4.78, 5) is 50.0. The van der Waals surface area contributed by atoms with Crippen molar-refractivity contribution < 1.29 is 43.2 Å². The molecule has 0 radical (unpaired) electrons. The second-order valence-corrected chi connectivity index (χ2v) is 10.9. The molecule has 0 fully saturated rings. The number of esters is 2. The van der Waals surface area contributed by atoms with Crippen molar-refractivity contribution in [3.05, 3.63) is 35.4 Å². The average Bonchev–Trinajstić information content (AvgIpc) is 2.63. The van der Waals surface area contributed by atoms with Crippen molar-refractivity contribution >= 4 is 24.0 Å². The molecule has 0 aromatic heterocycles. The smallest absolute Gasteiger partial charge is 0.408 e. The summed E-state index contributed by atoms with van der Waals surface area (Å²) >= 11 is 0. The number of amides is 1. The van der Waals surface area contributed by atoms with Gasteiger partial charge in [0, 0.05) is 0 Å². The number of hydrogen-bond acceptors (Lipinski definition) is 8. The topological polar surface area (TPSA) is 137 Å². The van der Waals surface area contributed by atoms with Crippen LogP contribution < -0.4 is 5.32 Å². The van der Waals surface area contributed by atoms with Crippen LogP contribution in [0.4, 0.5) is 4.79 Å². The van der Waals surface area contributed by atoms with Gasteiger partial charge in [-0.05, 0) is 80.0 Å². The molecule has 196 valence electrons. The van der Waals surface area contributed by atoms with Crippen LogP contribution in [-0.2, 0) is 35.1 Å². The number of ether oxygens (including phenoxy) is 4. The first-order chi connectivity index (χ1) is 15.8. The number of carbonyl (C=O) groups excluding carboxylic acids is 3. The number of alkyl carbamates (subject to hydrolysis) is 1. The van der Waals surface area contributed by atoms with E-state index in [1.54, 1.807) is 68.4 Å². The molecule has 0 saturated carbocycles. The van der Waals surface area contributed by atoms with E-state index in [0.717, 1.165) is 0 Å². The molecule has 2 atom stereocenters. The van der Waals surface area contributed by atoms with Crippen LogP contribution >= 0.6 is 0 Å². The number of benzene rings is 1. The molecule has 0 saturated heterocycles. The highest BCUT2D eigenvalue weighted by molar-refractivity contribution is 5.90. The van der Waals surface area contributed by atoms with Gasteiger partial charge in [0.15, 0.2) is 12.1 Å². The zero-order chi connectivity index (χ0) is 27.2. The van der Waals surface area contributed by atoms with E-state index in [1.165, 1.54) is 18.2 Å². The van der Waals surface area contributed by atoms with E-state index >= 15 is 0 Å². The molecule has 1 rings (SSSR count). The first-order valence-corrected chi connectivity index (χ1v) is 11.2. The van der Waals surface area contributed by atoms with Gasteiger partial charge in [-0.2, -0.15) is 0 Å². The van der Waals surface area contributed by atoms with Gasteiger partial charge in [0.1, 0.15) is 16.8 Å². The van der Waals surface area contributed by atoms with Crippen molar-refractivity contribution in [1.82, 2.24) is 5.32 Å². The number of rotatable bonds is 8. The number of carbonyl (C=O) groups is 4. The Hall–Kier alpha value is -3.14. The minimum Gasteiger partial charge on any atom is -0.478 e. The van der Waals surface area contributed by atoms with Gasteiger partial charge in [0.05, 0.1) is 12.2 Å². The van der Waals surface area contributed by atoms with Gasteiger partial charge in [-0.15, -0.1) is 0 Å². The Kier molecular flexibility index (Phi) is 9.84. The molecule has 2 N–H and O–H groups in total. The third-order valence-corrected chi connectivity index (χ3v) is 3.88. The maximum Gasteiger partial charge on any atom is 0.408 e. The maximum atomic E-state index is 13.1. The van der Waals surface area contributed by atoms with Crippen LogP contribution in [0.1, 0.15) is 78.2 Å². The molecule has 0 unspecified atom stereocenters. The van der Waals surface area contributed by atoms with Crippen molar-refractivity contribution in [3.63, 3.8) is 0 Å². The average molecular weight is 496 g/mol. The minimum atomic E-state index is -1.62. The van der Waals surface area contributed by atoms with Crippen molar-refractivity contribution in [3.8, 4) is 0 Å². The lowest BCUT2D eigenvalue weighted by Gasteiger charge is -2.31. The SMILES string of the molecule is CC(C)(C)OC(=O)N[C@H](C(=O)OC(C)(C)C)[C@H](OCc1cccc(C(=O)O)c1)C(=O)OC(C)(C)C. The Morgan fingerprint density at radius 3 is 1.83 bits per heavy atom. The quantitative estimate of drug-likeness (QED) is 0.407. The molecule has 10 heteroatoms. The summed E-state index contributed by atoms with van der Waals surface area (Å²) in [6, 6.07) is 4.29. The lowest BCUT2D eigenvalue weighted by Crippen LogP contribution is -2.56. The lowest BCUT2D eigenvalue weighted by atomic mass is 10.1. The van der Waals surface area contributed by atoms with Crippen LogP contribution in [0.5, 0.6) is 0 Å². The Morgan fingerprint density at radius 2 is 1.34 bits per heavy atom. The van der Waals surface area contributed by atoms with Gasteiger partial charge in [-0.1, -0.05) is 12.1 Å². The van der Waals surface area contributed by atoms with Crippen LogP contribution in [0, 0.1) is 0 Å². The number of carboxylic acids is 1. The predicted octanol–water partition coefficient (Wildman–Crippen LogP) is 3.85. The molecule has 35 heavy (non-hydrogen) atoms.